The molecule has 26 heavy (non-hydrogen) atoms. The molecular formula is C20H27ClNO3P. The van der Waals surface area contributed by atoms with Crippen LogP contribution in [0.1, 0.15) is 30.4 Å². The Labute approximate surface area is 161 Å². The van der Waals surface area contributed by atoms with Gasteiger partial charge in [-0.3, -0.25) is 9.46 Å². The maximum Gasteiger partial charge on any atom is 0.344 e. The third-order valence-corrected chi connectivity index (χ3v) is 6.29. The van der Waals surface area contributed by atoms with Crippen LogP contribution in [0.4, 0.5) is 0 Å². The van der Waals surface area contributed by atoms with Crippen LogP contribution in [0.25, 0.3) is 0 Å². The second kappa shape index (κ2) is 10.9. The molecule has 0 aliphatic rings. The lowest BCUT2D eigenvalue weighted by Gasteiger charge is -2.28. The van der Waals surface area contributed by atoms with Gasteiger partial charge in [0.1, 0.15) is 6.29 Å². The second-order valence-electron chi connectivity index (χ2n) is 5.96. The van der Waals surface area contributed by atoms with Gasteiger partial charge >= 0.3 is 7.60 Å². The fraction of sp³-hybridized carbons (Fsp3) is 0.400. The van der Waals surface area contributed by atoms with Crippen LogP contribution >= 0.6 is 19.2 Å². The molecule has 2 aromatic carbocycles. The molecular weight excluding hydrogens is 369 g/mol. The molecule has 0 aliphatic heterocycles. The highest BCUT2D eigenvalue weighted by atomic mass is 35.5. The number of hydrogen-bond acceptors (Lipinski definition) is 4. The standard InChI is InChI=1S/C20H27ClNO3P/c1-3-24-26(23,25-4-2)17-22(15-18-11-7-5-8-12-18)16-20(21)19-13-9-6-10-14-19/h5-14,20H,3-4,15-17H2,1-2H3/t20-/m0/s1. The third kappa shape index (κ3) is 6.86. The minimum atomic E-state index is -3.19. The summed E-state index contributed by atoms with van der Waals surface area (Å²) in [6.45, 7) is 5.51. The summed E-state index contributed by atoms with van der Waals surface area (Å²) in [6, 6.07) is 20.0. The fourth-order valence-corrected chi connectivity index (χ4v) is 4.84. The first kappa shape index (κ1) is 21.1. The fourth-order valence-electron chi connectivity index (χ4n) is 2.77. The Hall–Kier alpha value is -1.16. The summed E-state index contributed by atoms with van der Waals surface area (Å²) >= 11 is 6.64. The van der Waals surface area contributed by atoms with E-state index < -0.39 is 7.60 Å². The Balaban J connectivity index is 2.16. The van der Waals surface area contributed by atoms with Crippen molar-refractivity contribution in [3.8, 4) is 0 Å². The van der Waals surface area contributed by atoms with Crippen LogP contribution < -0.4 is 0 Å². The molecule has 0 saturated carbocycles. The van der Waals surface area contributed by atoms with E-state index >= 15 is 0 Å². The zero-order valence-corrected chi connectivity index (χ0v) is 17.0. The molecule has 1 atom stereocenters. The number of alkyl halides is 1. The van der Waals surface area contributed by atoms with E-state index in [-0.39, 0.29) is 11.7 Å². The molecule has 0 aliphatic carbocycles. The van der Waals surface area contributed by atoms with Crippen LogP contribution in [0.5, 0.6) is 0 Å². The normalized spacial score (nSPS) is 13.1. The Morgan fingerprint density at radius 3 is 2.04 bits per heavy atom. The van der Waals surface area contributed by atoms with E-state index in [1.165, 1.54) is 0 Å². The van der Waals surface area contributed by atoms with Gasteiger partial charge in [0, 0.05) is 13.1 Å². The summed E-state index contributed by atoms with van der Waals surface area (Å²) in [5.41, 5.74) is 2.17. The zero-order chi connectivity index (χ0) is 18.8. The van der Waals surface area contributed by atoms with Crippen LogP contribution in [-0.4, -0.2) is 30.9 Å². The predicted octanol–water partition coefficient (Wildman–Crippen LogP) is 5.69. The molecule has 0 unspecified atom stereocenters. The summed E-state index contributed by atoms with van der Waals surface area (Å²) < 4.78 is 24.0. The minimum Gasteiger partial charge on any atom is -0.308 e. The topological polar surface area (TPSA) is 38.8 Å². The Morgan fingerprint density at radius 2 is 1.50 bits per heavy atom. The van der Waals surface area contributed by atoms with Gasteiger partial charge in [-0.05, 0) is 25.0 Å². The maximum atomic E-state index is 13.0. The third-order valence-electron chi connectivity index (χ3n) is 3.85. The van der Waals surface area contributed by atoms with Crippen molar-refractivity contribution in [3.63, 3.8) is 0 Å². The molecule has 0 heterocycles. The molecule has 4 nitrogen and oxygen atoms in total. The van der Waals surface area contributed by atoms with Gasteiger partial charge in [0.15, 0.2) is 0 Å². The highest BCUT2D eigenvalue weighted by molar-refractivity contribution is 7.53. The monoisotopic (exact) mass is 395 g/mol. The van der Waals surface area contributed by atoms with Gasteiger partial charge in [0.25, 0.3) is 0 Å². The van der Waals surface area contributed by atoms with E-state index in [4.69, 9.17) is 20.6 Å². The summed E-state index contributed by atoms with van der Waals surface area (Å²) in [6.07, 6.45) is 0.208. The van der Waals surface area contributed by atoms with Crippen LogP contribution in [-0.2, 0) is 20.2 Å². The lowest BCUT2D eigenvalue weighted by molar-refractivity contribution is 0.193. The highest BCUT2D eigenvalue weighted by Gasteiger charge is 2.28. The summed E-state index contributed by atoms with van der Waals surface area (Å²) in [4.78, 5) is 2.05. The number of benzene rings is 2. The largest absolute Gasteiger partial charge is 0.344 e. The van der Waals surface area contributed by atoms with Gasteiger partial charge < -0.3 is 9.05 Å². The Morgan fingerprint density at radius 1 is 0.962 bits per heavy atom. The first-order chi connectivity index (χ1) is 12.6. The van der Waals surface area contributed by atoms with Crippen molar-refractivity contribution >= 4 is 19.2 Å². The molecule has 0 N–H and O–H groups in total. The SMILES string of the molecule is CCOP(=O)(CN(Cc1ccccc1)C[C@H](Cl)c1ccccc1)OCC. The second-order valence-corrected chi connectivity index (χ2v) is 8.51. The molecule has 0 amide bonds. The summed E-state index contributed by atoms with van der Waals surface area (Å²) in [5, 5.41) is -0.211. The Bertz CT molecular complexity index is 674. The molecule has 6 heteroatoms. The van der Waals surface area contributed by atoms with Crippen molar-refractivity contribution < 1.29 is 13.6 Å². The molecule has 0 spiro atoms. The number of rotatable bonds is 11. The van der Waals surface area contributed by atoms with Gasteiger partial charge in [0.2, 0.25) is 0 Å². The quantitative estimate of drug-likeness (QED) is 0.362. The minimum absolute atomic E-state index is 0.208. The van der Waals surface area contributed by atoms with E-state index in [2.05, 4.69) is 0 Å². The molecule has 0 fully saturated rings. The van der Waals surface area contributed by atoms with E-state index in [0.717, 1.165) is 11.1 Å². The number of halogens is 1. The van der Waals surface area contributed by atoms with Gasteiger partial charge in [-0.1, -0.05) is 60.7 Å². The molecule has 0 saturated heterocycles. The van der Waals surface area contributed by atoms with Crippen LogP contribution in [0.15, 0.2) is 60.7 Å². The lowest BCUT2D eigenvalue weighted by atomic mass is 10.1. The van der Waals surface area contributed by atoms with Crippen molar-refractivity contribution in [1.82, 2.24) is 4.90 Å². The molecule has 0 radical (unpaired) electrons. The van der Waals surface area contributed by atoms with Crippen LogP contribution in [0, 0.1) is 0 Å². The molecule has 0 aromatic heterocycles. The average Bonchev–Trinajstić information content (AvgIpc) is 2.63. The number of hydrogen-bond donors (Lipinski definition) is 0. The number of nitrogens with zero attached hydrogens (tertiary/aromatic N) is 1. The average molecular weight is 396 g/mol. The summed E-state index contributed by atoms with van der Waals surface area (Å²) in [7, 11) is -3.19. The van der Waals surface area contributed by atoms with Crippen molar-refractivity contribution in [3.05, 3.63) is 71.8 Å². The van der Waals surface area contributed by atoms with E-state index in [1.807, 2.05) is 79.4 Å². The van der Waals surface area contributed by atoms with Crippen LogP contribution in [0.2, 0.25) is 0 Å². The summed E-state index contributed by atoms with van der Waals surface area (Å²) in [5.74, 6) is 0. The van der Waals surface area contributed by atoms with Gasteiger partial charge in [-0.15, -0.1) is 11.6 Å². The molecule has 2 aromatic rings. The first-order valence-corrected chi connectivity index (χ1v) is 11.1. The van der Waals surface area contributed by atoms with Crippen molar-refractivity contribution in [1.29, 1.82) is 0 Å². The van der Waals surface area contributed by atoms with E-state index in [1.54, 1.807) is 0 Å². The zero-order valence-electron chi connectivity index (χ0n) is 15.4. The maximum absolute atomic E-state index is 13.0. The molecule has 142 valence electrons. The molecule has 2 rings (SSSR count). The highest BCUT2D eigenvalue weighted by Crippen LogP contribution is 2.49. The first-order valence-electron chi connectivity index (χ1n) is 8.89. The lowest BCUT2D eigenvalue weighted by Crippen LogP contribution is -2.29. The Kier molecular flexibility index (Phi) is 8.83. The predicted molar refractivity (Wildman–Crippen MR) is 108 cm³/mol. The van der Waals surface area contributed by atoms with E-state index in [9.17, 15) is 4.57 Å². The van der Waals surface area contributed by atoms with Crippen molar-refractivity contribution in [2.24, 2.45) is 0 Å². The molecule has 0 bridgehead atoms. The van der Waals surface area contributed by atoms with Crippen molar-refractivity contribution in [2.45, 2.75) is 25.8 Å². The van der Waals surface area contributed by atoms with Gasteiger partial charge in [-0.25, -0.2) is 0 Å². The van der Waals surface area contributed by atoms with Gasteiger partial charge in [-0.2, -0.15) is 0 Å². The van der Waals surface area contributed by atoms with Crippen molar-refractivity contribution in [2.75, 3.05) is 26.0 Å². The van der Waals surface area contributed by atoms with Crippen LogP contribution in [0.3, 0.4) is 0 Å². The van der Waals surface area contributed by atoms with E-state index in [0.29, 0.717) is 26.3 Å². The van der Waals surface area contributed by atoms with Gasteiger partial charge in [0.05, 0.1) is 18.6 Å². The smallest absolute Gasteiger partial charge is 0.308 e.